The van der Waals surface area contributed by atoms with Gasteiger partial charge in [-0.15, -0.1) is 0 Å². The molecule has 1 aliphatic heterocycles. The van der Waals surface area contributed by atoms with Gasteiger partial charge in [-0.05, 0) is 30.0 Å². The Bertz CT molecular complexity index is 862. The molecule has 0 unspecified atom stereocenters. The summed E-state index contributed by atoms with van der Waals surface area (Å²) in [5.41, 5.74) is 0.887. The average Bonchev–Trinajstić information content (AvgIpc) is 2.79. The fourth-order valence-corrected chi connectivity index (χ4v) is 4.51. The first kappa shape index (κ1) is 30.0. The van der Waals surface area contributed by atoms with Crippen LogP contribution in [0.1, 0.15) is 5.56 Å². The zero-order chi connectivity index (χ0) is 27.4. The van der Waals surface area contributed by atoms with Gasteiger partial charge in [0.2, 0.25) is 0 Å². The van der Waals surface area contributed by atoms with Gasteiger partial charge >= 0.3 is 23.9 Å². The minimum atomic E-state index is -1.04. The van der Waals surface area contributed by atoms with Gasteiger partial charge in [0, 0.05) is 52.4 Å². The first-order valence-corrected chi connectivity index (χ1v) is 12.0. The first-order valence-electron chi connectivity index (χ1n) is 12.0. The van der Waals surface area contributed by atoms with Crippen molar-refractivity contribution in [3.63, 3.8) is 0 Å². The van der Waals surface area contributed by atoms with Crippen LogP contribution < -0.4 is 0 Å². The summed E-state index contributed by atoms with van der Waals surface area (Å²) in [4.78, 5) is 52.7. The summed E-state index contributed by atoms with van der Waals surface area (Å²) in [6, 6.07) is 6.60. The SMILES string of the molecule is O=C(O)CN1CCN(CC(=O)O)CCN(CC(=O)O)CC(Cc2ccc(O)cc2)CN(CC(=O)O)CC1. The lowest BCUT2D eigenvalue weighted by atomic mass is 9.97. The van der Waals surface area contributed by atoms with E-state index in [1.165, 1.54) is 0 Å². The summed E-state index contributed by atoms with van der Waals surface area (Å²) in [5.74, 6) is -4.24. The Hall–Kier alpha value is -3.26. The number of hydrogen-bond acceptors (Lipinski definition) is 9. The van der Waals surface area contributed by atoms with Crippen LogP contribution in [0.5, 0.6) is 5.75 Å². The van der Waals surface area contributed by atoms with Crippen LogP contribution in [0, 0.1) is 5.92 Å². The number of rotatable bonds is 10. The minimum Gasteiger partial charge on any atom is -0.508 e. The number of nitrogens with zero attached hydrogens (tertiary/aromatic N) is 4. The monoisotopic (exact) mass is 524 g/mol. The Labute approximate surface area is 215 Å². The molecule has 0 aliphatic carbocycles. The highest BCUT2D eigenvalue weighted by Crippen LogP contribution is 2.17. The summed E-state index contributed by atoms with van der Waals surface area (Å²) in [5, 5.41) is 47.2. The van der Waals surface area contributed by atoms with Crippen molar-refractivity contribution in [3.05, 3.63) is 29.8 Å². The standard InChI is InChI=1S/C24H36N4O9/c29-20-3-1-18(2-4-20)11-19-12-27(16-23(34)35)9-7-25(14-21(30)31)5-6-26(15-22(32)33)8-10-28(13-19)17-24(36)37/h1-4,19,29H,5-17H2,(H,30,31)(H,32,33)(H,34,35)(H,36,37). The second-order valence-electron chi connectivity index (χ2n) is 9.33. The first-order chi connectivity index (χ1) is 17.5. The molecule has 1 saturated heterocycles. The molecule has 37 heavy (non-hydrogen) atoms. The van der Waals surface area contributed by atoms with Gasteiger partial charge in [0.25, 0.3) is 0 Å². The topological polar surface area (TPSA) is 182 Å². The highest BCUT2D eigenvalue weighted by atomic mass is 16.4. The zero-order valence-electron chi connectivity index (χ0n) is 20.7. The van der Waals surface area contributed by atoms with Crippen molar-refractivity contribution in [2.75, 3.05) is 78.5 Å². The molecule has 1 aliphatic rings. The van der Waals surface area contributed by atoms with Gasteiger partial charge in [-0.25, -0.2) is 0 Å². The van der Waals surface area contributed by atoms with Crippen molar-refractivity contribution in [2.45, 2.75) is 6.42 Å². The molecule has 206 valence electrons. The Morgan fingerprint density at radius 3 is 1.27 bits per heavy atom. The fraction of sp³-hybridized carbons (Fsp3) is 0.583. The molecule has 1 fully saturated rings. The molecule has 0 radical (unpaired) electrons. The smallest absolute Gasteiger partial charge is 0.317 e. The lowest BCUT2D eigenvalue weighted by Gasteiger charge is -2.31. The second-order valence-corrected chi connectivity index (χ2v) is 9.33. The molecule has 0 saturated carbocycles. The number of phenols is 1. The van der Waals surface area contributed by atoms with Crippen LogP contribution in [0.2, 0.25) is 0 Å². The van der Waals surface area contributed by atoms with Gasteiger partial charge in [-0.1, -0.05) is 12.1 Å². The zero-order valence-corrected chi connectivity index (χ0v) is 20.7. The maximum Gasteiger partial charge on any atom is 0.317 e. The third-order valence-corrected chi connectivity index (χ3v) is 6.13. The van der Waals surface area contributed by atoms with Gasteiger partial charge in [-0.3, -0.25) is 38.8 Å². The molecule has 1 aromatic rings. The third-order valence-electron chi connectivity index (χ3n) is 6.13. The van der Waals surface area contributed by atoms with E-state index in [9.17, 15) is 44.7 Å². The fourth-order valence-electron chi connectivity index (χ4n) is 4.51. The van der Waals surface area contributed by atoms with Crippen LogP contribution in [-0.4, -0.2) is 148 Å². The molecule has 1 aromatic carbocycles. The number of carboxylic acids is 4. The van der Waals surface area contributed by atoms with Crippen molar-refractivity contribution in [1.82, 2.24) is 19.6 Å². The van der Waals surface area contributed by atoms with E-state index < -0.39 is 23.9 Å². The van der Waals surface area contributed by atoms with Gasteiger partial charge in [-0.2, -0.15) is 0 Å². The minimum absolute atomic E-state index is 0.107. The number of phenolic OH excluding ortho intramolecular Hbond substituents is 1. The predicted octanol–water partition coefficient (Wildman–Crippen LogP) is -0.889. The van der Waals surface area contributed by atoms with E-state index in [1.807, 2.05) is 0 Å². The molecule has 1 heterocycles. The third kappa shape index (κ3) is 12.5. The summed E-state index contributed by atoms with van der Waals surface area (Å²) in [6.45, 7) is 1.16. The lowest BCUT2D eigenvalue weighted by Crippen LogP contribution is -2.44. The Balaban J connectivity index is 2.35. The number of aromatic hydroxyl groups is 1. The summed E-state index contributed by atoms with van der Waals surface area (Å²) >= 11 is 0. The Morgan fingerprint density at radius 2 is 0.919 bits per heavy atom. The second kappa shape index (κ2) is 15.1. The van der Waals surface area contributed by atoms with Crippen molar-refractivity contribution in [1.29, 1.82) is 0 Å². The van der Waals surface area contributed by atoms with E-state index in [4.69, 9.17) is 0 Å². The Kier molecular flexibility index (Phi) is 12.2. The molecule has 0 bridgehead atoms. The van der Waals surface area contributed by atoms with E-state index in [0.29, 0.717) is 19.5 Å². The van der Waals surface area contributed by atoms with Crippen LogP contribution in [-0.2, 0) is 25.6 Å². The largest absolute Gasteiger partial charge is 0.508 e. The van der Waals surface area contributed by atoms with Gasteiger partial charge in [0.1, 0.15) is 5.75 Å². The highest BCUT2D eigenvalue weighted by molar-refractivity contribution is 5.70. The van der Waals surface area contributed by atoms with Crippen LogP contribution in [0.25, 0.3) is 0 Å². The molecular formula is C24H36N4O9. The number of carboxylic acid groups (broad SMARTS) is 4. The summed E-state index contributed by atoms with van der Waals surface area (Å²) < 4.78 is 0. The van der Waals surface area contributed by atoms with Gasteiger partial charge in [0.15, 0.2) is 0 Å². The molecule has 0 spiro atoms. The lowest BCUT2D eigenvalue weighted by molar-refractivity contribution is -0.140. The molecule has 0 amide bonds. The number of benzene rings is 1. The molecule has 0 atom stereocenters. The number of aliphatic carboxylic acids is 4. The van der Waals surface area contributed by atoms with Gasteiger partial charge < -0.3 is 25.5 Å². The molecule has 0 aromatic heterocycles. The summed E-state index contributed by atoms with van der Waals surface area (Å²) in [7, 11) is 0. The van der Waals surface area contributed by atoms with E-state index in [-0.39, 0.29) is 77.1 Å². The van der Waals surface area contributed by atoms with E-state index >= 15 is 0 Å². The molecular weight excluding hydrogens is 488 g/mol. The molecule has 5 N–H and O–H groups in total. The Morgan fingerprint density at radius 1 is 0.595 bits per heavy atom. The average molecular weight is 525 g/mol. The van der Waals surface area contributed by atoms with E-state index in [0.717, 1.165) is 5.56 Å². The van der Waals surface area contributed by atoms with Crippen LogP contribution >= 0.6 is 0 Å². The maximum atomic E-state index is 11.6. The van der Waals surface area contributed by atoms with Crippen LogP contribution in [0.4, 0.5) is 0 Å². The maximum absolute atomic E-state index is 11.6. The predicted molar refractivity (Wildman–Crippen MR) is 132 cm³/mol. The van der Waals surface area contributed by atoms with Gasteiger partial charge in [0.05, 0.1) is 26.2 Å². The van der Waals surface area contributed by atoms with Crippen molar-refractivity contribution in [3.8, 4) is 5.75 Å². The molecule has 2 rings (SSSR count). The number of hydrogen-bond donors (Lipinski definition) is 5. The van der Waals surface area contributed by atoms with E-state index in [2.05, 4.69) is 0 Å². The number of carbonyl (C=O) groups is 4. The normalized spacial score (nSPS) is 18.4. The summed E-state index contributed by atoms with van der Waals surface area (Å²) in [6.07, 6.45) is 0.490. The van der Waals surface area contributed by atoms with Crippen molar-refractivity contribution < 1.29 is 44.7 Å². The van der Waals surface area contributed by atoms with Crippen LogP contribution in [0.15, 0.2) is 24.3 Å². The molecule has 13 nitrogen and oxygen atoms in total. The van der Waals surface area contributed by atoms with E-state index in [1.54, 1.807) is 43.9 Å². The van der Waals surface area contributed by atoms with Crippen molar-refractivity contribution >= 4 is 23.9 Å². The highest BCUT2D eigenvalue weighted by Gasteiger charge is 2.24. The quantitative estimate of drug-likeness (QED) is 0.254. The van der Waals surface area contributed by atoms with Crippen LogP contribution in [0.3, 0.4) is 0 Å². The molecule has 13 heteroatoms. The van der Waals surface area contributed by atoms with Crippen molar-refractivity contribution in [2.24, 2.45) is 5.92 Å².